The van der Waals surface area contributed by atoms with Crippen LogP contribution in [0.4, 0.5) is 0 Å². The molecule has 0 N–H and O–H groups in total. The van der Waals surface area contributed by atoms with Crippen molar-refractivity contribution in [1.82, 2.24) is 0 Å². The molecule has 26 heavy (non-hydrogen) atoms. The molecule has 0 amide bonds. The quantitative estimate of drug-likeness (QED) is 0.455. The third-order valence-corrected chi connectivity index (χ3v) is 4.18. The molecule has 4 nitrogen and oxygen atoms in total. The Morgan fingerprint density at radius 3 is 2.62 bits per heavy atom. The van der Waals surface area contributed by atoms with Crippen LogP contribution in [0.25, 0.3) is 33.3 Å². The fraction of sp³-hybridized carbons (Fsp3) is 0.136. The Morgan fingerprint density at radius 1 is 1.04 bits per heavy atom. The van der Waals surface area contributed by atoms with E-state index >= 15 is 0 Å². The van der Waals surface area contributed by atoms with Crippen LogP contribution in [0.5, 0.6) is 5.75 Å². The highest BCUT2D eigenvalue weighted by Gasteiger charge is 2.16. The van der Waals surface area contributed by atoms with E-state index in [9.17, 15) is 4.79 Å². The van der Waals surface area contributed by atoms with Crippen LogP contribution in [0.15, 0.2) is 80.1 Å². The van der Waals surface area contributed by atoms with E-state index in [0.717, 1.165) is 16.5 Å². The first-order chi connectivity index (χ1) is 12.6. The summed E-state index contributed by atoms with van der Waals surface area (Å²) in [7, 11) is 0. The second-order valence-electron chi connectivity index (χ2n) is 6.35. The van der Waals surface area contributed by atoms with Crippen molar-refractivity contribution in [2.75, 3.05) is 6.61 Å². The zero-order valence-corrected chi connectivity index (χ0v) is 14.6. The number of benzene rings is 2. The predicted molar refractivity (Wildman–Crippen MR) is 103 cm³/mol. The van der Waals surface area contributed by atoms with Crippen molar-refractivity contribution < 1.29 is 13.6 Å². The molecule has 0 radical (unpaired) electrons. The average Bonchev–Trinajstić information content (AvgIpc) is 3.13. The van der Waals surface area contributed by atoms with Gasteiger partial charge in [-0.15, -0.1) is 0 Å². The number of hydrogen-bond acceptors (Lipinski definition) is 4. The Morgan fingerprint density at radius 2 is 1.85 bits per heavy atom. The predicted octanol–water partition coefficient (Wildman–Crippen LogP) is 5.55. The van der Waals surface area contributed by atoms with Gasteiger partial charge in [0.25, 0.3) is 0 Å². The average molecular weight is 346 g/mol. The minimum Gasteiger partial charge on any atom is -0.486 e. The van der Waals surface area contributed by atoms with Gasteiger partial charge in [0, 0.05) is 11.6 Å². The summed E-state index contributed by atoms with van der Waals surface area (Å²) in [5.41, 5.74) is 2.99. The van der Waals surface area contributed by atoms with E-state index < -0.39 is 0 Å². The standard InChI is InChI=1S/C22H18O4/c1-14(2)8-10-24-20-12-17-18(23)13-19(15-6-4-3-5-7-15)26-21(17)16-9-11-25-22(16)20/h3-9,11-13H,10H2,1-2H3. The summed E-state index contributed by atoms with van der Waals surface area (Å²) in [6.45, 7) is 4.43. The maximum absolute atomic E-state index is 12.7. The molecule has 0 unspecified atom stereocenters. The normalized spacial score (nSPS) is 11.0. The molecule has 0 saturated heterocycles. The lowest BCUT2D eigenvalue weighted by Crippen LogP contribution is -2.02. The van der Waals surface area contributed by atoms with Crippen molar-refractivity contribution >= 4 is 21.9 Å². The monoisotopic (exact) mass is 346 g/mol. The van der Waals surface area contributed by atoms with Gasteiger partial charge in [0.15, 0.2) is 16.8 Å². The Kier molecular flexibility index (Phi) is 4.09. The molecule has 0 aliphatic carbocycles. The fourth-order valence-corrected chi connectivity index (χ4v) is 2.87. The number of ether oxygens (including phenoxy) is 1. The van der Waals surface area contributed by atoms with Crippen LogP contribution < -0.4 is 10.2 Å². The van der Waals surface area contributed by atoms with Gasteiger partial charge in [-0.3, -0.25) is 4.79 Å². The lowest BCUT2D eigenvalue weighted by molar-refractivity contribution is 0.360. The summed E-state index contributed by atoms with van der Waals surface area (Å²) < 4.78 is 17.5. The summed E-state index contributed by atoms with van der Waals surface area (Å²) in [6.07, 6.45) is 3.55. The van der Waals surface area contributed by atoms with Gasteiger partial charge < -0.3 is 13.6 Å². The largest absolute Gasteiger partial charge is 0.486 e. The van der Waals surface area contributed by atoms with E-state index in [1.165, 1.54) is 6.07 Å². The molecule has 0 aliphatic rings. The third kappa shape index (κ3) is 2.90. The van der Waals surface area contributed by atoms with Gasteiger partial charge in [-0.2, -0.15) is 0 Å². The van der Waals surface area contributed by atoms with E-state index in [0.29, 0.717) is 34.7 Å². The third-order valence-electron chi connectivity index (χ3n) is 4.18. The van der Waals surface area contributed by atoms with Gasteiger partial charge in [0.05, 0.1) is 17.0 Å². The van der Waals surface area contributed by atoms with E-state index in [-0.39, 0.29) is 5.43 Å². The van der Waals surface area contributed by atoms with Crippen LogP contribution in [-0.4, -0.2) is 6.61 Å². The first kappa shape index (κ1) is 16.2. The van der Waals surface area contributed by atoms with Crippen LogP contribution in [0.2, 0.25) is 0 Å². The van der Waals surface area contributed by atoms with Crippen LogP contribution in [0, 0.1) is 0 Å². The molecule has 4 aromatic rings. The van der Waals surface area contributed by atoms with Gasteiger partial charge in [-0.1, -0.05) is 35.9 Å². The van der Waals surface area contributed by atoms with E-state index in [1.54, 1.807) is 18.4 Å². The number of allylic oxidation sites excluding steroid dienone is 1. The van der Waals surface area contributed by atoms with Crippen LogP contribution in [0.1, 0.15) is 13.8 Å². The molecule has 0 fully saturated rings. The van der Waals surface area contributed by atoms with E-state index in [4.69, 9.17) is 13.6 Å². The molecule has 2 heterocycles. The number of furan rings is 1. The summed E-state index contributed by atoms with van der Waals surface area (Å²) in [5.74, 6) is 1.07. The first-order valence-corrected chi connectivity index (χ1v) is 8.43. The zero-order chi connectivity index (χ0) is 18.1. The van der Waals surface area contributed by atoms with E-state index in [1.807, 2.05) is 50.3 Å². The second kappa shape index (κ2) is 6.56. The molecule has 0 bridgehead atoms. The van der Waals surface area contributed by atoms with Crippen molar-refractivity contribution in [2.24, 2.45) is 0 Å². The molecule has 0 aliphatic heterocycles. The van der Waals surface area contributed by atoms with E-state index in [2.05, 4.69) is 0 Å². The van der Waals surface area contributed by atoms with Crippen molar-refractivity contribution in [2.45, 2.75) is 13.8 Å². The molecule has 0 atom stereocenters. The van der Waals surface area contributed by atoms with Gasteiger partial charge in [-0.05, 0) is 32.1 Å². The molecule has 2 aromatic carbocycles. The lowest BCUT2D eigenvalue weighted by Gasteiger charge is -2.08. The Bertz CT molecular complexity index is 1160. The van der Waals surface area contributed by atoms with Crippen LogP contribution >= 0.6 is 0 Å². The maximum atomic E-state index is 12.7. The molecule has 130 valence electrons. The molecule has 0 spiro atoms. The van der Waals surface area contributed by atoms with Gasteiger partial charge in [0.1, 0.15) is 18.0 Å². The Labute approximate surface area is 150 Å². The highest BCUT2D eigenvalue weighted by atomic mass is 16.5. The molecular formula is C22H18O4. The highest BCUT2D eigenvalue weighted by molar-refractivity contribution is 6.05. The number of hydrogen-bond donors (Lipinski definition) is 0. The highest BCUT2D eigenvalue weighted by Crippen LogP contribution is 2.35. The molecule has 4 rings (SSSR count). The van der Waals surface area contributed by atoms with Gasteiger partial charge >= 0.3 is 0 Å². The van der Waals surface area contributed by atoms with Crippen LogP contribution in [-0.2, 0) is 0 Å². The van der Waals surface area contributed by atoms with Gasteiger partial charge in [-0.25, -0.2) is 0 Å². The second-order valence-corrected chi connectivity index (χ2v) is 6.35. The summed E-state index contributed by atoms with van der Waals surface area (Å²) in [4.78, 5) is 12.7. The van der Waals surface area contributed by atoms with Crippen molar-refractivity contribution in [3.63, 3.8) is 0 Å². The molecule has 2 aromatic heterocycles. The molecule has 0 saturated carbocycles. The summed E-state index contributed by atoms with van der Waals surface area (Å²) in [5, 5.41) is 1.20. The Hall–Kier alpha value is -3.27. The van der Waals surface area contributed by atoms with Gasteiger partial charge in [0.2, 0.25) is 0 Å². The molecular weight excluding hydrogens is 328 g/mol. The van der Waals surface area contributed by atoms with Crippen LogP contribution in [0.3, 0.4) is 0 Å². The first-order valence-electron chi connectivity index (χ1n) is 8.43. The maximum Gasteiger partial charge on any atom is 0.193 e. The fourth-order valence-electron chi connectivity index (χ4n) is 2.87. The van der Waals surface area contributed by atoms with Crippen molar-refractivity contribution in [3.8, 4) is 17.1 Å². The number of fused-ring (bicyclic) bond motifs is 3. The zero-order valence-electron chi connectivity index (χ0n) is 14.6. The number of rotatable bonds is 4. The lowest BCUT2D eigenvalue weighted by atomic mass is 10.1. The minimum atomic E-state index is -0.111. The minimum absolute atomic E-state index is 0.111. The smallest absolute Gasteiger partial charge is 0.193 e. The molecule has 4 heteroatoms. The SMILES string of the molecule is CC(C)=CCOc1cc2c(=O)cc(-c3ccccc3)oc2c2ccoc12. The summed E-state index contributed by atoms with van der Waals surface area (Å²) >= 11 is 0. The van der Waals surface area contributed by atoms with Crippen molar-refractivity contribution in [1.29, 1.82) is 0 Å². The Balaban J connectivity index is 1.91. The van der Waals surface area contributed by atoms with Crippen molar-refractivity contribution in [3.05, 3.63) is 76.7 Å². The topological polar surface area (TPSA) is 52.6 Å². The summed E-state index contributed by atoms with van der Waals surface area (Å²) in [6, 6.07) is 14.6.